The van der Waals surface area contributed by atoms with Gasteiger partial charge in [0.05, 0.1) is 0 Å². The number of carbonyl (C=O) groups is 4. The summed E-state index contributed by atoms with van der Waals surface area (Å²) >= 11 is 0. The molecule has 29 heavy (non-hydrogen) atoms. The Morgan fingerprint density at radius 2 is 1.07 bits per heavy atom. The molecule has 0 radical (unpaired) electrons. The van der Waals surface area contributed by atoms with Crippen LogP contribution in [0.1, 0.15) is 40.0 Å². The molecule has 9 N–H and O–H groups in total. The van der Waals surface area contributed by atoms with E-state index in [4.69, 9.17) is 0 Å². The zero-order valence-electron chi connectivity index (χ0n) is 16.4. The fourth-order valence-corrected chi connectivity index (χ4v) is 5.08. The Hall–Kier alpha value is -2.96. The van der Waals surface area contributed by atoms with Crippen molar-refractivity contribution in [3.8, 4) is 0 Å². The third kappa shape index (κ3) is 2.49. The Labute approximate surface area is 166 Å². The molecule has 13 nitrogen and oxygen atoms in total. The summed E-state index contributed by atoms with van der Waals surface area (Å²) in [6, 6.07) is -1.92. The Bertz CT molecular complexity index is 696. The Morgan fingerprint density at radius 1 is 0.690 bits per heavy atom. The zero-order valence-corrected chi connectivity index (χ0v) is 16.4. The average Bonchev–Trinajstić information content (AvgIpc) is 3.14. The van der Waals surface area contributed by atoms with Crippen molar-refractivity contribution < 1.29 is 24.3 Å². The van der Waals surface area contributed by atoms with E-state index in [0.29, 0.717) is 19.3 Å². The molecular weight excluding hydrogens is 384 g/mol. The van der Waals surface area contributed by atoms with Crippen molar-refractivity contribution >= 4 is 24.1 Å². The quantitative estimate of drug-likeness (QED) is 0.256. The summed E-state index contributed by atoms with van der Waals surface area (Å²) in [4.78, 5) is 47.4. The van der Waals surface area contributed by atoms with Gasteiger partial charge in [-0.3, -0.25) is 10.6 Å². The van der Waals surface area contributed by atoms with Crippen LogP contribution in [0.5, 0.6) is 0 Å². The second kappa shape index (κ2) is 5.78. The normalized spacial score (nSPS) is 41.5. The monoisotopic (exact) mass is 410 g/mol. The first-order chi connectivity index (χ1) is 13.5. The Morgan fingerprint density at radius 3 is 1.55 bits per heavy atom. The van der Waals surface area contributed by atoms with E-state index in [1.165, 1.54) is 0 Å². The highest BCUT2D eigenvalue weighted by atomic mass is 16.4. The zero-order chi connectivity index (χ0) is 21.2. The van der Waals surface area contributed by atoms with E-state index in [9.17, 15) is 24.3 Å². The van der Waals surface area contributed by atoms with Crippen LogP contribution in [0.15, 0.2) is 0 Å². The van der Waals surface area contributed by atoms with Crippen molar-refractivity contribution in [2.75, 3.05) is 0 Å². The van der Waals surface area contributed by atoms with Crippen LogP contribution in [0, 0.1) is 11.8 Å². The van der Waals surface area contributed by atoms with Crippen molar-refractivity contribution in [3.63, 3.8) is 0 Å². The molecule has 0 aromatic heterocycles. The topological polar surface area (TPSA) is 185 Å². The van der Waals surface area contributed by atoms with Crippen LogP contribution in [0.3, 0.4) is 0 Å². The van der Waals surface area contributed by atoms with Gasteiger partial charge in [0.1, 0.15) is 0 Å². The lowest BCUT2D eigenvalue weighted by molar-refractivity contribution is -0.0655. The molecule has 2 atom stereocenters. The molecule has 8 amide bonds. The Kier molecular flexibility index (Phi) is 3.86. The largest absolute Gasteiger partial charge is 0.351 e. The highest BCUT2D eigenvalue weighted by Crippen LogP contribution is 2.38. The Balaban J connectivity index is 1.43. The second-order valence-corrected chi connectivity index (χ2v) is 8.50. The number of carbonyl (C=O) groups excluding carboxylic acids is 4. The number of hydrogen-bond acceptors (Lipinski definition) is 5. The van der Waals surface area contributed by atoms with Gasteiger partial charge >= 0.3 is 24.1 Å². The molecule has 4 saturated heterocycles. The maximum Gasteiger partial charge on any atom is 0.320 e. The number of aliphatic hydroxyl groups is 1. The molecule has 4 heterocycles. The van der Waals surface area contributed by atoms with Crippen LogP contribution in [-0.2, 0) is 0 Å². The first kappa shape index (κ1) is 19.4. The van der Waals surface area contributed by atoms with Crippen LogP contribution in [0.4, 0.5) is 19.2 Å². The number of nitrogens with one attached hydrogen (secondary N) is 8. The van der Waals surface area contributed by atoms with E-state index in [1.807, 2.05) is 13.8 Å². The highest BCUT2D eigenvalue weighted by Gasteiger charge is 2.67. The van der Waals surface area contributed by atoms with E-state index < -0.39 is 34.9 Å². The molecule has 4 rings (SSSR count). The highest BCUT2D eigenvalue weighted by molar-refractivity contribution is 5.88. The third-order valence-corrected chi connectivity index (χ3v) is 6.67. The van der Waals surface area contributed by atoms with Gasteiger partial charge in [-0.2, -0.15) is 0 Å². The lowest BCUT2D eigenvalue weighted by Gasteiger charge is -2.40. The van der Waals surface area contributed by atoms with E-state index in [-0.39, 0.29) is 23.9 Å². The summed E-state index contributed by atoms with van der Waals surface area (Å²) in [6.45, 7) is 5.48. The molecule has 13 heteroatoms. The van der Waals surface area contributed by atoms with Crippen LogP contribution >= 0.6 is 0 Å². The van der Waals surface area contributed by atoms with E-state index >= 15 is 0 Å². The molecular formula is C16H26N8O5. The van der Waals surface area contributed by atoms with Crippen LogP contribution in [0.25, 0.3) is 0 Å². The van der Waals surface area contributed by atoms with Crippen LogP contribution in [0.2, 0.25) is 0 Å². The molecule has 160 valence electrons. The maximum atomic E-state index is 11.9. The standard InChI is InChI=1S/C16H26N8O5/c1-7(14-13(3,17-9(25)19-14)18-10(26)20-14)5-4-6-8(2)15-16(29,23-11(27)21-15)24-12(28)22-15/h7-8,29H,4-6H2,1-3H3,(H2,17,19,25)(H2,18,20,26)(H2,21,23,27)(H2,22,24,28). The first-order valence-electron chi connectivity index (χ1n) is 9.59. The van der Waals surface area contributed by atoms with Gasteiger partial charge in [-0.05, 0) is 19.8 Å². The van der Waals surface area contributed by atoms with Crippen molar-refractivity contribution in [3.05, 3.63) is 0 Å². The average molecular weight is 410 g/mol. The van der Waals surface area contributed by atoms with Gasteiger partial charge in [0, 0.05) is 11.8 Å². The molecule has 4 aliphatic rings. The van der Waals surface area contributed by atoms with Gasteiger partial charge in [0.25, 0.3) is 5.85 Å². The molecule has 0 aromatic carbocycles. The fraction of sp³-hybridized carbons (Fsp3) is 0.750. The number of urea groups is 4. The molecule has 0 spiro atoms. The number of rotatable bonds is 6. The van der Waals surface area contributed by atoms with Crippen molar-refractivity contribution in [2.24, 2.45) is 11.8 Å². The minimum atomic E-state index is -1.92. The van der Waals surface area contributed by atoms with Crippen molar-refractivity contribution in [2.45, 2.75) is 62.9 Å². The molecule has 4 fully saturated rings. The van der Waals surface area contributed by atoms with E-state index in [1.54, 1.807) is 6.92 Å². The summed E-state index contributed by atoms with van der Waals surface area (Å²) in [7, 11) is 0. The smallest absolute Gasteiger partial charge is 0.320 e. The summed E-state index contributed by atoms with van der Waals surface area (Å²) < 4.78 is 0. The summed E-state index contributed by atoms with van der Waals surface area (Å²) in [5, 5.41) is 31.7. The number of hydrogen-bond donors (Lipinski definition) is 9. The third-order valence-electron chi connectivity index (χ3n) is 6.67. The van der Waals surface area contributed by atoms with Gasteiger partial charge < -0.3 is 37.0 Å². The molecule has 2 unspecified atom stereocenters. The molecule has 0 bridgehead atoms. The predicted molar refractivity (Wildman–Crippen MR) is 97.7 cm³/mol. The van der Waals surface area contributed by atoms with Crippen LogP contribution < -0.4 is 42.5 Å². The van der Waals surface area contributed by atoms with Crippen molar-refractivity contribution in [1.29, 1.82) is 0 Å². The van der Waals surface area contributed by atoms with E-state index in [0.717, 1.165) is 0 Å². The summed E-state index contributed by atoms with van der Waals surface area (Å²) in [6.07, 6.45) is 1.82. The van der Waals surface area contributed by atoms with Gasteiger partial charge in [0.15, 0.2) is 17.0 Å². The molecule has 0 aliphatic carbocycles. The minimum absolute atomic E-state index is 0.137. The van der Waals surface area contributed by atoms with Gasteiger partial charge in [-0.1, -0.05) is 20.3 Å². The molecule has 4 aliphatic heterocycles. The molecule has 0 aromatic rings. The van der Waals surface area contributed by atoms with Gasteiger partial charge in [-0.15, -0.1) is 0 Å². The number of fused-ring (bicyclic) bond motifs is 2. The maximum absolute atomic E-state index is 11.9. The fourth-order valence-electron chi connectivity index (χ4n) is 5.08. The predicted octanol–water partition coefficient (Wildman–Crippen LogP) is -1.56. The van der Waals surface area contributed by atoms with Gasteiger partial charge in [0.2, 0.25) is 0 Å². The minimum Gasteiger partial charge on any atom is -0.351 e. The van der Waals surface area contributed by atoms with E-state index in [2.05, 4.69) is 42.5 Å². The molecule has 0 saturated carbocycles. The lowest BCUT2D eigenvalue weighted by Crippen LogP contribution is -2.69. The van der Waals surface area contributed by atoms with Crippen LogP contribution in [-0.4, -0.2) is 52.1 Å². The second-order valence-electron chi connectivity index (χ2n) is 8.50. The summed E-state index contributed by atoms with van der Waals surface area (Å²) in [5.74, 6) is -2.38. The van der Waals surface area contributed by atoms with Crippen molar-refractivity contribution in [1.82, 2.24) is 42.5 Å². The SMILES string of the molecule is CC(CCCC(C)C12NC(=O)NC1(O)NC(=O)N2)C12NC(=O)NC1(C)NC(=O)N2. The first-order valence-corrected chi connectivity index (χ1v) is 9.59. The summed E-state index contributed by atoms with van der Waals surface area (Å²) in [5.41, 5.74) is -3.31. The van der Waals surface area contributed by atoms with Gasteiger partial charge in [-0.25, -0.2) is 19.2 Å². The number of amides is 8. The lowest BCUT2D eigenvalue weighted by atomic mass is 9.80.